The molecule has 1 aromatic carbocycles. The number of thioether (sulfide) groups is 1. The lowest BCUT2D eigenvalue weighted by molar-refractivity contribution is -0.126. The van der Waals surface area contributed by atoms with Crippen molar-refractivity contribution in [2.45, 2.75) is 30.9 Å². The first-order valence-corrected chi connectivity index (χ1v) is 7.20. The molecule has 0 unspecified atom stereocenters. The Morgan fingerprint density at radius 2 is 2.11 bits per heavy atom. The molecule has 19 heavy (non-hydrogen) atoms. The Morgan fingerprint density at radius 3 is 2.68 bits per heavy atom. The summed E-state index contributed by atoms with van der Waals surface area (Å²) in [5, 5.41) is 2.38. The van der Waals surface area contributed by atoms with Crippen molar-refractivity contribution in [1.82, 2.24) is 10.2 Å². The molecular weight excluding hydrogens is 260 g/mol. The molecule has 0 saturated carbocycles. The van der Waals surface area contributed by atoms with E-state index in [9.17, 15) is 9.59 Å². The number of hydrogen-bond donors (Lipinski definition) is 1. The zero-order chi connectivity index (χ0) is 14.0. The molecule has 1 aromatic rings. The molecule has 0 aromatic heterocycles. The summed E-state index contributed by atoms with van der Waals surface area (Å²) < 4.78 is 0. The van der Waals surface area contributed by atoms with Crippen molar-refractivity contribution in [3.63, 3.8) is 0 Å². The van der Waals surface area contributed by atoms with Crippen LogP contribution in [0.4, 0.5) is 4.79 Å². The molecule has 102 valence electrons. The van der Waals surface area contributed by atoms with Gasteiger partial charge in [-0.05, 0) is 44.0 Å². The monoisotopic (exact) mass is 278 g/mol. The van der Waals surface area contributed by atoms with E-state index in [0.717, 1.165) is 4.90 Å². The zero-order valence-corrected chi connectivity index (χ0v) is 12.2. The number of benzene rings is 1. The largest absolute Gasteiger partial charge is 0.336 e. The molecule has 1 atom stereocenters. The van der Waals surface area contributed by atoms with E-state index in [4.69, 9.17) is 0 Å². The SMILES string of the molecule is Cc1ccc(S[C@H](C)C(=O)N2CCNC2=O)cc1C. The Labute approximate surface area is 117 Å². The minimum absolute atomic E-state index is 0.127. The third kappa shape index (κ3) is 3.10. The van der Waals surface area contributed by atoms with E-state index in [1.165, 1.54) is 27.8 Å². The minimum atomic E-state index is -0.280. The van der Waals surface area contributed by atoms with Gasteiger partial charge in [0, 0.05) is 18.0 Å². The Kier molecular flexibility index (Phi) is 4.14. The number of nitrogens with one attached hydrogen (secondary N) is 1. The van der Waals surface area contributed by atoms with Crippen LogP contribution in [-0.2, 0) is 4.79 Å². The molecule has 1 aliphatic heterocycles. The molecule has 5 heteroatoms. The second-order valence-electron chi connectivity index (χ2n) is 4.73. The number of urea groups is 1. The average molecular weight is 278 g/mol. The number of carbonyl (C=O) groups is 2. The van der Waals surface area contributed by atoms with Crippen LogP contribution in [0.15, 0.2) is 23.1 Å². The molecule has 0 aliphatic carbocycles. The van der Waals surface area contributed by atoms with Gasteiger partial charge in [0.2, 0.25) is 5.91 Å². The molecular formula is C14H18N2O2S. The number of nitrogens with zero attached hydrogens (tertiary/aromatic N) is 1. The summed E-state index contributed by atoms with van der Waals surface area (Å²) in [6, 6.07) is 5.86. The molecule has 1 aliphatic rings. The fraction of sp³-hybridized carbons (Fsp3) is 0.429. The van der Waals surface area contributed by atoms with E-state index in [2.05, 4.69) is 31.3 Å². The van der Waals surface area contributed by atoms with Gasteiger partial charge < -0.3 is 5.32 Å². The van der Waals surface area contributed by atoms with Gasteiger partial charge in [0.1, 0.15) is 0 Å². The van der Waals surface area contributed by atoms with Crippen LogP contribution >= 0.6 is 11.8 Å². The van der Waals surface area contributed by atoms with Crippen molar-refractivity contribution in [1.29, 1.82) is 0 Å². The number of amides is 3. The van der Waals surface area contributed by atoms with Gasteiger partial charge >= 0.3 is 6.03 Å². The average Bonchev–Trinajstić information content (AvgIpc) is 2.79. The van der Waals surface area contributed by atoms with Gasteiger partial charge in [-0.25, -0.2) is 4.79 Å². The minimum Gasteiger partial charge on any atom is -0.336 e. The zero-order valence-electron chi connectivity index (χ0n) is 11.4. The Hall–Kier alpha value is -1.49. The van der Waals surface area contributed by atoms with Gasteiger partial charge in [-0.15, -0.1) is 11.8 Å². The molecule has 1 heterocycles. The summed E-state index contributed by atoms with van der Waals surface area (Å²) in [5.74, 6) is -0.127. The highest BCUT2D eigenvalue weighted by atomic mass is 32.2. The number of hydrogen-bond acceptors (Lipinski definition) is 3. The third-order valence-electron chi connectivity index (χ3n) is 3.26. The maximum absolute atomic E-state index is 12.2. The molecule has 1 N–H and O–H groups in total. The smallest absolute Gasteiger partial charge is 0.324 e. The summed E-state index contributed by atoms with van der Waals surface area (Å²) in [7, 11) is 0. The molecule has 1 saturated heterocycles. The maximum Gasteiger partial charge on any atom is 0.324 e. The van der Waals surface area contributed by atoms with E-state index in [-0.39, 0.29) is 17.2 Å². The van der Waals surface area contributed by atoms with Gasteiger partial charge in [-0.2, -0.15) is 0 Å². The summed E-state index contributed by atoms with van der Waals surface area (Å²) >= 11 is 1.49. The standard InChI is InChI=1S/C14H18N2O2S/c1-9-4-5-12(8-10(9)2)19-11(3)13(17)16-7-6-15-14(16)18/h4-5,8,11H,6-7H2,1-3H3,(H,15,18)/t11-/m1/s1. The van der Waals surface area contributed by atoms with E-state index in [1.54, 1.807) is 0 Å². The third-order valence-corrected chi connectivity index (χ3v) is 4.34. The highest BCUT2D eigenvalue weighted by Crippen LogP contribution is 2.26. The Morgan fingerprint density at radius 1 is 1.37 bits per heavy atom. The topological polar surface area (TPSA) is 49.4 Å². The second-order valence-corrected chi connectivity index (χ2v) is 6.14. The fourth-order valence-corrected chi connectivity index (χ4v) is 2.97. The van der Waals surface area contributed by atoms with E-state index < -0.39 is 0 Å². The summed E-state index contributed by atoms with van der Waals surface area (Å²) in [6.45, 7) is 6.97. The summed E-state index contributed by atoms with van der Waals surface area (Å²) in [4.78, 5) is 26.0. The van der Waals surface area contributed by atoms with E-state index in [0.29, 0.717) is 13.1 Å². The number of rotatable bonds is 3. The Balaban J connectivity index is 2.03. The van der Waals surface area contributed by atoms with Crippen LogP contribution in [0, 0.1) is 13.8 Å². The van der Waals surface area contributed by atoms with Crippen molar-refractivity contribution < 1.29 is 9.59 Å². The van der Waals surface area contributed by atoms with Crippen molar-refractivity contribution in [3.8, 4) is 0 Å². The first-order chi connectivity index (χ1) is 8.99. The van der Waals surface area contributed by atoms with Crippen LogP contribution in [0.5, 0.6) is 0 Å². The van der Waals surface area contributed by atoms with Crippen molar-refractivity contribution in [2.24, 2.45) is 0 Å². The number of carbonyl (C=O) groups excluding carboxylic acids is 2. The quantitative estimate of drug-likeness (QED) is 0.863. The molecule has 0 bridgehead atoms. The van der Waals surface area contributed by atoms with Crippen LogP contribution in [-0.4, -0.2) is 35.2 Å². The van der Waals surface area contributed by atoms with Gasteiger partial charge in [0.05, 0.1) is 5.25 Å². The molecule has 1 fully saturated rings. The van der Waals surface area contributed by atoms with Gasteiger partial charge in [-0.1, -0.05) is 6.07 Å². The lowest BCUT2D eigenvalue weighted by Gasteiger charge is -2.17. The van der Waals surface area contributed by atoms with Crippen LogP contribution in [0.25, 0.3) is 0 Å². The van der Waals surface area contributed by atoms with Crippen LogP contribution in [0.1, 0.15) is 18.1 Å². The normalized spacial score (nSPS) is 16.4. The summed E-state index contributed by atoms with van der Waals surface area (Å²) in [5.41, 5.74) is 2.45. The van der Waals surface area contributed by atoms with E-state index >= 15 is 0 Å². The molecule has 0 spiro atoms. The predicted molar refractivity (Wildman–Crippen MR) is 76.3 cm³/mol. The fourth-order valence-electron chi connectivity index (χ4n) is 1.94. The maximum atomic E-state index is 12.2. The van der Waals surface area contributed by atoms with Crippen LogP contribution in [0.3, 0.4) is 0 Å². The number of imide groups is 1. The molecule has 4 nitrogen and oxygen atoms in total. The summed E-state index contributed by atoms with van der Waals surface area (Å²) in [6.07, 6.45) is 0. The van der Waals surface area contributed by atoms with E-state index in [1.807, 2.05) is 13.0 Å². The second kappa shape index (κ2) is 5.65. The highest BCUT2D eigenvalue weighted by molar-refractivity contribution is 8.00. The van der Waals surface area contributed by atoms with Gasteiger partial charge in [-0.3, -0.25) is 9.69 Å². The van der Waals surface area contributed by atoms with Gasteiger partial charge in [0.15, 0.2) is 0 Å². The highest BCUT2D eigenvalue weighted by Gasteiger charge is 2.30. The van der Waals surface area contributed by atoms with Crippen molar-refractivity contribution in [2.75, 3.05) is 13.1 Å². The first-order valence-electron chi connectivity index (χ1n) is 6.32. The molecule has 3 amide bonds. The Bertz CT molecular complexity index is 516. The van der Waals surface area contributed by atoms with Gasteiger partial charge in [0.25, 0.3) is 0 Å². The molecule has 0 radical (unpaired) electrons. The van der Waals surface area contributed by atoms with Crippen LogP contribution < -0.4 is 5.32 Å². The lowest BCUT2D eigenvalue weighted by Crippen LogP contribution is -2.38. The first kappa shape index (κ1) is 13.9. The van der Waals surface area contributed by atoms with Crippen LogP contribution in [0.2, 0.25) is 0 Å². The number of aryl methyl sites for hydroxylation is 2. The van der Waals surface area contributed by atoms with Crippen molar-refractivity contribution in [3.05, 3.63) is 29.3 Å². The molecule has 2 rings (SSSR count). The predicted octanol–water partition coefficient (Wildman–Crippen LogP) is 2.34. The lowest BCUT2D eigenvalue weighted by atomic mass is 10.1. The van der Waals surface area contributed by atoms with Crippen molar-refractivity contribution >= 4 is 23.7 Å².